The molecule has 1 aliphatic rings. The predicted molar refractivity (Wildman–Crippen MR) is 95.5 cm³/mol. The van der Waals surface area contributed by atoms with Crippen LogP contribution in [0, 0.1) is 13.8 Å². The van der Waals surface area contributed by atoms with Gasteiger partial charge in [0.15, 0.2) is 0 Å². The second kappa shape index (κ2) is 8.55. The van der Waals surface area contributed by atoms with E-state index in [4.69, 9.17) is 0 Å². The summed E-state index contributed by atoms with van der Waals surface area (Å²) >= 11 is 0. The lowest BCUT2D eigenvalue weighted by Gasteiger charge is -2.36. The van der Waals surface area contributed by atoms with Crippen LogP contribution in [0.5, 0.6) is 0 Å². The second-order valence-electron chi connectivity index (χ2n) is 6.14. The molecule has 1 atom stereocenters. The van der Waals surface area contributed by atoms with Gasteiger partial charge in [-0.1, -0.05) is 6.07 Å². The highest BCUT2D eigenvalue weighted by Crippen LogP contribution is 2.25. The molecule has 1 fully saturated rings. The number of pyridine rings is 1. The minimum Gasteiger partial charge on any atom is -0.333 e. The number of aromatic nitrogens is 3. The maximum absolute atomic E-state index is 13.0. The summed E-state index contributed by atoms with van der Waals surface area (Å²) in [6.45, 7) is 2.45. The molecule has 1 amide bonds. The van der Waals surface area contributed by atoms with Gasteiger partial charge in [-0.15, -0.1) is 12.4 Å². The first-order chi connectivity index (χ1) is 12.0. The molecule has 0 bridgehead atoms. The van der Waals surface area contributed by atoms with Crippen molar-refractivity contribution < 1.29 is 13.6 Å². The summed E-state index contributed by atoms with van der Waals surface area (Å²) in [4.78, 5) is 18.8. The summed E-state index contributed by atoms with van der Waals surface area (Å²) in [5.74, 6) is -0.0876. The Morgan fingerprint density at radius 2 is 2.19 bits per heavy atom. The molecular weight excluding hydrogens is 364 g/mol. The Labute approximate surface area is 157 Å². The predicted octanol–water partition coefficient (Wildman–Crippen LogP) is 2.43. The normalized spacial score (nSPS) is 17.3. The average molecular weight is 386 g/mol. The molecule has 1 saturated heterocycles. The average Bonchev–Trinajstić information content (AvgIpc) is 2.91. The molecule has 2 aromatic rings. The Morgan fingerprint density at radius 3 is 2.81 bits per heavy atom. The van der Waals surface area contributed by atoms with Crippen molar-refractivity contribution in [1.29, 1.82) is 0 Å². The lowest BCUT2D eigenvalue weighted by Crippen LogP contribution is -2.49. The summed E-state index contributed by atoms with van der Waals surface area (Å²) in [6, 6.07) is 3.67. The van der Waals surface area contributed by atoms with Gasteiger partial charge in [-0.2, -0.15) is 13.9 Å². The van der Waals surface area contributed by atoms with Crippen LogP contribution in [-0.2, 0) is 11.2 Å². The van der Waals surface area contributed by atoms with E-state index in [2.05, 4.69) is 15.4 Å². The van der Waals surface area contributed by atoms with Crippen molar-refractivity contribution in [3.8, 4) is 0 Å². The van der Waals surface area contributed by atoms with Gasteiger partial charge in [0.25, 0.3) is 0 Å². The third kappa shape index (κ3) is 4.02. The number of piperazine rings is 1. The van der Waals surface area contributed by atoms with Crippen LogP contribution in [0.2, 0.25) is 0 Å². The molecule has 0 radical (unpaired) electrons. The van der Waals surface area contributed by atoms with E-state index in [0.29, 0.717) is 41.3 Å². The van der Waals surface area contributed by atoms with Crippen LogP contribution in [0.3, 0.4) is 0 Å². The zero-order chi connectivity index (χ0) is 18.0. The van der Waals surface area contributed by atoms with Crippen molar-refractivity contribution in [3.63, 3.8) is 0 Å². The number of hydrogen-bond donors (Lipinski definition) is 1. The molecule has 0 aliphatic carbocycles. The number of alkyl halides is 2. The van der Waals surface area contributed by atoms with E-state index in [-0.39, 0.29) is 30.8 Å². The molecule has 142 valence electrons. The molecule has 2 aromatic heterocycles. The molecule has 1 N–H and O–H groups in total. The van der Waals surface area contributed by atoms with Crippen molar-refractivity contribution >= 4 is 18.3 Å². The SMILES string of the molecule is Cc1nn(C(F)F)c(C)c1CC(=O)N1CCNCC1c1cccnc1.Cl. The Balaban J connectivity index is 0.00000243. The Hall–Kier alpha value is -2.06. The Bertz CT molecular complexity index is 753. The Morgan fingerprint density at radius 1 is 1.42 bits per heavy atom. The van der Waals surface area contributed by atoms with Gasteiger partial charge in [-0.05, 0) is 25.5 Å². The number of hydrogen-bond acceptors (Lipinski definition) is 4. The maximum atomic E-state index is 13.0. The standard InChI is InChI=1S/C17H21F2N5O.ClH/c1-11-14(12(2)24(22-11)17(18)19)8-16(25)23-7-6-21-10-15(23)13-4-3-5-20-9-13;/h3-5,9,15,17,21H,6-8,10H2,1-2H3;1H. The summed E-state index contributed by atoms with van der Waals surface area (Å²) < 4.78 is 26.6. The highest BCUT2D eigenvalue weighted by atomic mass is 35.5. The zero-order valence-electron chi connectivity index (χ0n) is 14.7. The van der Waals surface area contributed by atoms with Crippen LogP contribution in [0.15, 0.2) is 24.5 Å². The summed E-state index contributed by atoms with van der Waals surface area (Å²) in [6.07, 6.45) is 3.52. The van der Waals surface area contributed by atoms with Crippen LogP contribution in [0.25, 0.3) is 0 Å². The maximum Gasteiger partial charge on any atom is 0.333 e. The molecule has 0 spiro atoms. The molecule has 0 aromatic carbocycles. The number of aryl methyl sites for hydroxylation is 1. The Kier molecular flexibility index (Phi) is 6.66. The van der Waals surface area contributed by atoms with Crippen molar-refractivity contribution in [2.24, 2.45) is 0 Å². The molecule has 6 nitrogen and oxygen atoms in total. The number of amides is 1. The molecule has 1 unspecified atom stereocenters. The zero-order valence-corrected chi connectivity index (χ0v) is 15.5. The minimum absolute atomic E-state index is 0. The summed E-state index contributed by atoms with van der Waals surface area (Å²) in [5, 5.41) is 7.15. The van der Waals surface area contributed by atoms with Gasteiger partial charge in [0.1, 0.15) is 0 Å². The lowest BCUT2D eigenvalue weighted by atomic mass is 10.0. The van der Waals surface area contributed by atoms with Gasteiger partial charge in [0.2, 0.25) is 5.91 Å². The number of rotatable bonds is 4. The fourth-order valence-electron chi connectivity index (χ4n) is 3.27. The monoisotopic (exact) mass is 385 g/mol. The van der Waals surface area contributed by atoms with Crippen LogP contribution in [0.4, 0.5) is 8.78 Å². The number of nitrogens with zero attached hydrogens (tertiary/aromatic N) is 4. The third-order valence-electron chi connectivity index (χ3n) is 4.62. The highest BCUT2D eigenvalue weighted by molar-refractivity contribution is 5.85. The topological polar surface area (TPSA) is 63.1 Å². The van der Waals surface area contributed by atoms with Gasteiger partial charge in [-0.3, -0.25) is 9.78 Å². The fraction of sp³-hybridized carbons (Fsp3) is 0.471. The molecule has 1 aliphatic heterocycles. The van der Waals surface area contributed by atoms with Crippen LogP contribution in [0.1, 0.15) is 35.1 Å². The first kappa shape index (κ1) is 20.3. The van der Waals surface area contributed by atoms with Gasteiger partial charge >= 0.3 is 6.55 Å². The molecule has 9 heteroatoms. The van der Waals surface area contributed by atoms with Crippen molar-refractivity contribution in [2.45, 2.75) is 32.9 Å². The van der Waals surface area contributed by atoms with E-state index in [0.717, 1.165) is 5.56 Å². The molecular formula is C17H22ClF2N5O. The van der Waals surface area contributed by atoms with Crippen LogP contribution >= 0.6 is 12.4 Å². The number of halogens is 3. The van der Waals surface area contributed by atoms with E-state index in [1.165, 1.54) is 0 Å². The van der Waals surface area contributed by atoms with E-state index < -0.39 is 6.55 Å². The molecule has 0 saturated carbocycles. The van der Waals surface area contributed by atoms with Crippen LogP contribution in [-0.4, -0.2) is 45.2 Å². The van der Waals surface area contributed by atoms with Crippen LogP contribution < -0.4 is 5.32 Å². The highest BCUT2D eigenvalue weighted by Gasteiger charge is 2.29. The van der Waals surface area contributed by atoms with Crippen molar-refractivity contribution in [2.75, 3.05) is 19.6 Å². The van der Waals surface area contributed by atoms with Gasteiger partial charge in [0.05, 0.1) is 18.2 Å². The number of carbonyl (C=O) groups is 1. The van der Waals surface area contributed by atoms with Crippen molar-refractivity contribution in [1.82, 2.24) is 25.0 Å². The first-order valence-corrected chi connectivity index (χ1v) is 8.22. The summed E-state index contributed by atoms with van der Waals surface area (Å²) in [5.41, 5.74) is 2.35. The largest absolute Gasteiger partial charge is 0.333 e. The van der Waals surface area contributed by atoms with Gasteiger partial charge in [-0.25, -0.2) is 4.68 Å². The van der Waals surface area contributed by atoms with E-state index >= 15 is 0 Å². The summed E-state index contributed by atoms with van der Waals surface area (Å²) in [7, 11) is 0. The smallest absolute Gasteiger partial charge is 0.333 e. The van der Waals surface area contributed by atoms with E-state index in [1.807, 2.05) is 12.1 Å². The van der Waals surface area contributed by atoms with Gasteiger partial charge in [0, 0.05) is 43.3 Å². The van der Waals surface area contributed by atoms with E-state index in [1.54, 1.807) is 31.1 Å². The second-order valence-corrected chi connectivity index (χ2v) is 6.14. The molecule has 3 rings (SSSR count). The molecule has 3 heterocycles. The van der Waals surface area contributed by atoms with Gasteiger partial charge < -0.3 is 10.2 Å². The fourth-order valence-corrected chi connectivity index (χ4v) is 3.27. The van der Waals surface area contributed by atoms with E-state index in [9.17, 15) is 13.6 Å². The minimum atomic E-state index is -2.70. The third-order valence-corrected chi connectivity index (χ3v) is 4.62. The quantitative estimate of drug-likeness (QED) is 0.878. The van der Waals surface area contributed by atoms with Crippen molar-refractivity contribution in [3.05, 3.63) is 47.0 Å². The number of carbonyl (C=O) groups excluding carboxylic acids is 1. The lowest BCUT2D eigenvalue weighted by molar-refractivity contribution is -0.133. The first-order valence-electron chi connectivity index (χ1n) is 8.22. The molecule has 26 heavy (non-hydrogen) atoms. The number of nitrogens with one attached hydrogen (secondary N) is 1.